The van der Waals surface area contributed by atoms with Crippen LogP contribution in [-0.4, -0.2) is 0 Å². The van der Waals surface area contributed by atoms with Crippen molar-refractivity contribution in [3.05, 3.63) is 65.1 Å². The Balaban J connectivity index is 0.000000169. The van der Waals surface area contributed by atoms with E-state index in [1.54, 1.807) is 34.8 Å². The monoisotopic (exact) mass is 294 g/mol. The van der Waals surface area contributed by atoms with Gasteiger partial charge in [0.2, 0.25) is 0 Å². The van der Waals surface area contributed by atoms with Crippen molar-refractivity contribution < 1.29 is 4.39 Å². The van der Waals surface area contributed by atoms with Gasteiger partial charge in [0.05, 0.1) is 4.21 Å². The van der Waals surface area contributed by atoms with Crippen molar-refractivity contribution in [1.82, 2.24) is 0 Å². The molecule has 0 aliphatic rings. The van der Waals surface area contributed by atoms with E-state index in [9.17, 15) is 4.39 Å². The maximum absolute atomic E-state index is 12.5. The summed E-state index contributed by atoms with van der Waals surface area (Å²) in [6.07, 6.45) is 0. The number of hydrogen-bond donors (Lipinski definition) is 1. The smallest absolute Gasteiger partial charge is 0.123 e. The van der Waals surface area contributed by atoms with Crippen molar-refractivity contribution in [2.75, 3.05) is 0 Å². The Hall–Kier alpha value is -1.10. The highest BCUT2D eigenvalue weighted by Crippen LogP contribution is 2.24. The van der Waals surface area contributed by atoms with Crippen LogP contribution in [0.4, 0.5) is 4.39 Å². The highest BCUT2D eigenvalue weighted by molar-refractivity contribution is 7.82. The molecule has 18 heavy (non-hydrogen) atoms. The van der Waals surface area contributed by atoms with Gasteiger partial charge in [-0.1, -0.05) is 24.3 Å². The minimum atomic E-state index is -0.185. The quantitative estimate of drug-likeness (QED) is 0.556. The molecule has 0 spiro atoms. The molecule has 0 saturated heterocycles. The van der Waals surface area contributed by atoms with E-state index in [2.05, 4.69) is 12.6 Å². The second-order valence-electron chi connectivity index (χ2n) is 3.44. The zero-order valence-electron chi connectivity index (χ0n) is 9.42. The third-order valence-electron chi connectivity index (χ3n) is 2.16. The SMILES string of the molecule is Fc1ccc(-c2cccs2)cc1.Sc1cccs1. The topological polar surface area (TPSA) is 0 Å². The van der Waals surface area contributed by atoms with E-state index in [1.165, 1.54) is 17.0 Å². The second kappa shape index (κ2) is 6.73. The van der Waals surface area contributed by atoms with Gasteiger partial charge in [0.15, 0.2) is 0 Å². The van der Waals surface area contributed by atoms with Crippen molar-refractivity contribution in [3.8, 4) is 10.4 Å². The molecule has 0 saturated carbocycles. The largest absolute Gasteiger partial charge is 0.207 e. The second-order valence-corrected chi connectivity index (χ2v) is 6.12. The molecule has 3 rings (SSSR count). The summed E-state index contributed by atoms with van der Waals surface area (Å²) in [6, 6.07) is 14.5. The van der Waals surface area contributed by atoms with Crippen LogP contribution in [0.1, 0.15) is 0 Å². The molecule has 92 valence electrons. The number of thiol groups is 1. The van der Waals surface area contributed by atoms with Crippen LogP contribution in [0.25, 0.3) is 10.4 Å². The van der Waals surface area contributed by atoms with Gasteiger partial charge in [-0.05, 0) is 40.6 Å². The molecule has 0 radical (unpaired) electrons. The predicted molar refractivity (Wildman–Crippen MR) is 81.3 cm³/mol. The Morgan fingerprint density at radius 3 is 1.94 bits per heavy atom. The van der Waals surface area contributed by atoms with Gasteiger partial charge in [-0.25, -0.2) is 4.39 Å². The van der Waals surface area contributed by atoms with Gasteiger partial charge < -0.3 is 0 Å². The molecule has 0 bridgehead atoms. The van der Waals surface area contributed by atoms with Gasteiger partial charge in [-0.3, -0.25) is 0 Å². The minimum Gasteiger partial charge on any atom is -0.207 e. The summed E-state index contributed by atoms with van der Waals surface area (Å²) in [5.74, 6) is -0.185. The molecular formula is C14H11FS3. The number of benzene rings is 1. The van der Waals surface area contributed by atoms with Crippen LogP contribution < -0.4 is 0 Å². The Kier molecular flexibility index (Phi) is 4.99. The Morgan fingerprint density at radius 1 is 0.833 bits per heavy atom. The van der Waals surface area contributed by atoms with Crippen LogP contribution in [0.5, 0.6) is 0 Å². The van der Waals surface area contributed by atoms with Crippen LogP contribution in [-0.2, 0) is 0 Å². The van der Waals surface area contributed by atoms with Crippen LogP contribution in [0.15, 0.2) is 63.5 Å². The molecule has 1 aromatic carbocycles. The lowest BCUT2D eigenvalue weighted by atomic mass is 10.2. The average Bonchev–Trinajstić information content (AvgIpc) is 3.03. The lowest BCUT2D eigenvalue weighted by Crippen LogP contribution is -1.73. The number of rotatable bonds is 1. The highest BCUT2D eigenvalue weighted by Gasteiger charge is 1.97. The Labute approximate surface area is 119 Å². The summed E-state index contributed by atoms with van der Waals surface area (Å²) in [4.78, 5) is 1.18. The Bertz CT molecular complexity index is 554. The predicted octanol–water partition coefficient (Wildman–Crippen LogP) is 5.59. The number of halogens is 1. The van der Waals surface area contributed by atoms with Crippen molar-refractivity contribution in [2.45, 2.75) is 4.21 Å². The Morgan fingerprint density at radius 2 is 1.50 bits per heavy atom. The van der Waals surface area contributed by atoms with Gasteiger partial charge >= 0.3 is 0 Å². The van der Waals surface area contributed by atoms with Gasteiger partial charge in [0, 0.05) is 4.88 Å². The molecule has 2 heterocycles. The maximum Gasteiger partial charge on any atom is 0.123 e. The third-order valence-corrected chi connectivity index (χ3v) is 4.21. The van der Waals surface area contributed by atoms with E-state index in [4.69, 9.17) is 0 Å². The van der Waals surface area contributed by atoms with Crippen LogP contribution >= 0.6 is 35.3 Å². The zero-order chi connectivity index (χ0) is 12.8. The maximum atomic E-state index is 12.5. The van der Waals surface area contributed by atoms with Crippen LogP contribution in [0.3, 0.4) is 0 Å². The van der Waals surface area contributed by atoms with E-state index in [-0.39, 0.29) is 5.82 Å². The lowest BCUT2D eigenvalue weighted by Gasteiger charge is -1.94. The fraction of sp³-hybridized carbons (Fsp3) is 0. The fourth-order valence-corrected chi connectivity index (χ4v) is 2.78. The lowest BCUT2D eigenvalue weighted by molar-refractivity contribution is 0.628. The van der Waals surface area contributed by atoms with Crippen molar-refractivity contribution in [2.24, 2.45) is 0 Å². The number of hydrogen-bond acceptors (Lipinski definition) is 3. The summed E-state index contributed by atoms with van der Waals surface area (Å²) in [5.41, 5.74) is 1.08. The first-order chi connectivity index (χ1) is 8.75. The van der Waals surface area contributed by atoms with Crippen LogP contribution in [0, 0.1) is 5.82 Å². The molecule has 0 atom stereocenters. The van der Waals surface area contributed by atoms with Gasteiger partial charge in [-0.15, -0.1) is 35.3 Å². The average molecular weight is 294 g/mol. The summed E-state index contributed by atoms with van der Waals surface area (Å²) in [5, 5.41) is 4.01. The normalized spacial score (nSPS) is 9.67. The number of thiophene rings is 2. The molecule has 0 unspecified atom stereocenters. The van der Waals surface area contributed by atoms with E-state index in [0.29, 0.717) is 0 Å². The first kappa shape index (κ1) is 13.3. The van der Waals surface area contributed by atoms with Crippen molar-refractivity contribution >= 4 is 35.3 Å². The van der Waals surface area contributed by atoms with Crippen molar-refractivity contribution in [1.29, 1.82) is 0 Å². The molecule has 2 aromatic heterocycles. The highest BCUT2D eigenvalue weighted by atomic mass is 32.2. The minimum absolute atomic E-state index is 0.185. The van der Waals surface area contributed by atoms with Crippen LogP contribution in [0.2, 0.25) is 0 Å². The van der Waals surface area contributed by atoms with E-state index in [1.807, 2.05) is 35.0 Å². The molecule has 0 amide bonds. The van der Waals surface area contributed by atoms with Gasteiger partial charge in [0.25, 0.3) is 0 Å². The fourth-order valence-electron chi connectivity index (χ4n) is 1.33. The van der Waals surface area contributed by atoms with E-state index in [0.717, 1.165) is 9.77 Å². The zero-order valence-corrected chi connectivity index (χ0v) is 11.9. The molecule has 0 N–H and O–H groups in total. The summed E-state index contributed by atoms with van der Waals surface area (Å²) in [7, 11) is 0. The molecule has 4 heteroatoms. The first-order valence-electron chi connectivity index (χ1n) is 5.27. The van der Waals surface area contributed by atoms with E-state index >= 15 is 0 Å². The van der Waals surface area contributed by atoms with E-state index < -0.39 is 0 Å². The van der Waals surface area contributed by atoms with Gasteiger partial charge in [-0.2, -0.15) is 0 Å². The molecular weight excluding hydrogens is 283 g/mol. The third kappa shape index (κ3) is 3.98. The summed E-state index contributed by atoms with van der Waals surface area (Å²) >= 11 is 7.36. The molecule has 0 aliphatic heterocycles. The standard InChI is InChI=1S/C10H7FS.C4H4S2/c11-9-5-3-8(4-6-9)10-2-1-7-12-10;5-4-2-1-3-6-4/h1-7H;1-3,5H. The molecule has 0 fully saturated rings. The summed E-state index contributed by atoms with van der Waals surface area (Å²) < 4.78 is 13.6. The molecule has 3 aromatic rings. The van der Waals surface area contributed by atoms with Crippen molar-refractivity contribution in [3.63, 3.8) is 0 Å². The summed E-state index contributed by atoms with van der Waals surface area (Å²) in [6.45, 7) is 0. The molecule has 0 aliphatic carbocycles. The molecule has 0 nitrogen and oxygen atoms in total. The first-order valence-corrected chi connectivity index (χ1v) is 7.48. The van der Waals surface area contributed by atoms with Gasteiger partial charge in [0.1, 0.15) is 5.82 Å².